The molecule has 1 heterocycles. The first-order chi connectivity index (χ1) is 14.1. The van der Waals surface area contributed by atoms with Gasteiger partial charge in [-0.2, -0.15) is 0 Å². The molecule has 1 aliphatic heterocycles. The van der Waals surface area contributed by atoms with Crippen LogP contribution in [0, 0.1) is 0 Å². The third-order valence-electron chi connectivity index (χ3n) is 5.11. The van der Waals surface area contributed by atoms with Gasteiger partial charge < -0.3 is 15.0 Å². The largest absolute Gasteiger partial charge is 0.494 e. The Hall–Kier alpha value is -2.08. The molecule has 0 aliphatic carbocycles. The van der Waals surface area contributed by atoms with Crippen molar-refractivity contribution in [3.63, 3.8) is 0 Å². The summed E-state index contributed by atoms with van der Waals surface area (Å²) in [6, 6.07) is 15.8. The second kappa shape index (κ2) is 11.2. The van der Waals surface area contributed by atoms with Gasteiger partial charge >= 0.3 is 0 Å². The Labute approximate surface area is 178 Å². The van der Waals surface area contributed by atoms with Crippen molar-refractivity contribution in [1.82, 2.24) is 15.1 Å². The molecule has 6 heteroatoms. The lowest BCUT2D eigenvalue weighted by atomic mass is 10.1. The van der Waals surface area contributed by atoms with Crippen LogP contribution in [0.15, 0.2) is 48.5 Å². The minimum absolute atomic E-state index is 0.0502. The summed E-state index contributed by atoms with van der Waals surface area (Å²) in [6.07, 6.45) is 1.13. The maximum Gasteiger partial charge on any atom is 0.220 e. The molecule has 0 atom stereocenters. The smallest absolute Gasteiger partial charge is 0.220 e. The lowest BCUT2D eigenvalue weighted by Crippen LogP contribution is -2.43. The van der Waals surface area contributed by atoms with Crippen molar-refractivity contribution >= 4 is 17.5 Å². The predicted molar refractivity (Wildman–Crippen MR) is 117 cm³/mol. The summed E-state index contributed by atoms with van der Waals surface area (Å²) in [5.41, 5.74) is 2.44. The fourth-order valence-corrected chi connectivity index (χ4v) is 3.47. The van der Waals surface area contributed by atoms with E-state index < -0.39 is 0 Å². The summed E-state index contributed by atoms with van der Waals surface area (Å²) < 4.78 is 5.62. The topological polar surface area (TPSA) is 44.8 Å². The van der Waals surface area contributed by atoms with Crippen LogP contribution < -0.4 is 10.1 Å². The fourth-order valence-electron chi connectivity index (χ4n) is 3.34. The van der Waals surface area contributed by atoms with Crippen LogP contribution in [0.1, 0.15) is 24.0 Å². The highest BCUT2D eigenvalue weighted by molar-refractivity contribution is 6.30. The van der Waals surface area contributed by atoms with Gasteiger partial charge in [-0.1, -0.05) is 35.9 Å². The normalized spacial score (nSPS) is 15.2. The van der Waals surface area contributed by atoms with Gasteiger partial charge in [0.2, 0.25) is 5.91 Å². The first kappa shape index (κ1) is 21.6. The van der Waals surface area contributed by atoms with E-state index >= 15 is 0 Å². The molecule has 3 rings (SSSR count). The maximum atomic E-state index is 12.1. The Morgan fingerprint density at radius 3 is 2.55 bits per heavy atom. The third-order valence-corrected chi connectivity index (χ3v) is 5.37. The molecule has 29 heavy (non-hydrogen) atoms. The van der Waals surface area contributed by atoms with Crippen molar-refractivity contribution in [2.75, 3.05) is 39.8 Å². The molecule has 156 valence electrons. The molecule has 1 aliphatic rings. The van der Waals surface area contributed by atoms with E-state index in [4.69, 9.17) is 16.3 Å². The van der Waals surface area contributed by atoms with E-state index in [-0.39, 0.29) is 5.91 Å². The van der Waals surface area contributed by atoms with Gasteiger partial charge in [-0.05, 0) is 48.9 Å². The first-order valence-corrected chi connectivity index (χ1v) is 10.6. The molecule has 0 spiro atoms. The van der Waals surface area contributed by atoms with Crippen molar-refractivity contribution in [2.45, 2.75) is 25.9 Å². The van der Waals surface area contributed by atoms with Gasteiger partial charge in [0.25, 0.3) is 0 Å². The van der Waals surface area contributed by atoms with Crippen LogP contribution in [0.3, 0.4) is 0 Å². The Morgan fingerprint density at radius 1 is 1.07 bits per heavy atom. The van der Waals surface area contributed by atoms with E-state index in [2.05, 4.69) is 46.4 Å². The van der Waals surface area contributed by atoms with Crippen molar-refractivity contribution in [3.8, 4) is 5.75 Å². The molecular formula is C23H30ClN3O2. The molecule has 1 amide bonds. The standard InChI is InChI=1S/C23H30ClN3O2/c1-26-11-13-27(14-12-26)18-20-5-2-4-19(16-20)17-25-23(28)6-3-15-29-22-9-7-21(24)8-10-22/h2,4-5,7-10,16H,3,6,11-15,17-18H2,1H3,(H,25,28). The van der Waals surface area contributed by atoms with Crippen molar-refractivity contribution in [3.05, 3.63) is 64.7 Å². The van der Waals surface area contributed by atoms with E-state index in [1.165, 1.54) is 5.56 Å². The number of nitrogens with zero attached hydrogens (tertiary/aromatic N) is 2. The molecule has 0 saturated carbocycles. The predicted octanol–water partition coefficient (Wildman–Crippen LogP) is 3.56. The van der Waals surface area contributed by atoms with E-state index in [0.29, 0.717) is 31.0 Å². The van der Waals surface area contributed by atoms with Crippen LogP contribution in [0.2, 0.25) is 5.02 Å². The Bertz CT molecular complexity index is 774. The summed E-state index contributed by atoms with van der Waals surface area (Å²) in [5, 5.41) is 3.69. The monoisotopic (exact) mass is 415 g/mol. The molecule has 1 fully saturated rings. The zero-order valence-electron chi connectivity index (χ0n) is 17.1. The first-order valence-electron chi connectivity index (χ1n) is 10.2. The third kappa shape index (κ3) is 7.69. The molecule has 0 radical (unpaired) electrons. The summed E-state index contributed by atoms with van der Waals surface area (Å²) in [6.45, 7) is 6.50. The van der Waals surface area contributed by atoms with Crippen LogP contribution in [-0.2, 0) is 17.9 Å². The number of rotatable bonds is 9. The molecule has 1 N–H and O–H groups in total. The number of hydrogen-bond acceptors (Lipinski definition) is 4. The van der Waals surface area contributed by atoms with Gasteiger partial charge in [0.1, 0.15) is 5.75 Å². The fraction of sp³-hybridized carbons (Fsp3) is 0.435. The number of benzene rings is 2. The van der Waals surface area contributed by atoms with E-state index in [1.807, 2.05) is 12.1 Å². The van der Waals surface area contributed by atoms with Crippen LogP contribution in [0.25, 0.3) is 0 Å². The van der Waals surface area contributed by atoms with Gasteiger partial charge in [0.15, 0.2) is 0 Å². The number of carbonyl (C=O) groups excluding carboxylic acids is 1. The number of carbonyl (C=O) groups is 1. The minimum atomic E-state index is 0.0502. The van der Waals surface area contributed by atoms with Crippen molar-refractivity contribution in [1.29, 1.82) is 0 Å². The van der Waals surface area contributed by atoms with Crippen LogP contribution in [0.5, 0.6) is 5.75 Å². The van der Waals surface area contributed by atoms with Gasteiger partial charge in [-0.25, -0.2) is 0 Å². The van der Waals surface area contributed by atoms with E-state index in [1.54, 1.807) is 12.1 Å². The molecule has 2 aromatic carbocycles. The molecule has 0 unspecified atom stereocenters. The second-order valence-electron chi connectivity index (χ2n) is 7.58. The summed E-state index contributed by atoms with van der Waals surface area (Å²) in [4.78, 5) is 17.0. The molecule has 0 aromatic heterocycles. The van der Waals surface area contributed by atoms with Gasteiger partial charge in [-0.3, -0.25) is 9.69 Å². The summed E-state index contributed by atoms with van der Waals surface area (Å²) in [5.74, 6) is 0.821. The van der Waals surface area contributed by atoms with Gasteiger partial charge in [0, 0.05) is 50.7 Å². The average Bonchev–Trinajstić information content (AvgIpc) is 2.73. The zero-order valence-corrected chi connectivity index (χ0v) is 17.8. The highest BCUT2D eigenvalue weighted by atomic mass is 35.5. The number of ether oxygens (including phenoxy) is 1. The Kier molecular flexibility index (Phi) is 8.35. The lowest BCUT2D eigenvalue weighted by molar-refractivity contribution is -0.121. The molecule has 5 nitrogen and oxygen atoms in total. The number of hydrogen-bond donors (Lipinski definition) is 1. The Morgan fingerprint density at radius 2 is 1.79 bits per heavy atom. The number of nitrogens with one attached hydrogen (secondary N) is 1. The second-order valence-corrected chi connectivity index (χ2v) is 8.02. The molecule has 1 saturated heterocycles. The molecule has 2 aromatic rings. The van der Waals surface area contributed by atoms with Crippen LogP contribution in [0.4, 0.5) is 0 Å². The van der Waals surface area contributed by atoms with Crippen LogP contribution in [-0.4, -0.2) is 55.5 Å². The van der Waals surface area contributed by atoms with Gasteiger partial charge in [0.05, 0.1) is 6.61 Å². The van der Waals surface area contributed by atoms with E-state index in [0.717, 1.165) is 44.0 Å². The van der Waals surface area contributed by atoms with E-state index in [9.17, 15) is 4.79 Å². The Balaban J connectivity index is 1.34. The lowest BCUT2D eigenvalue weighted by Gasteiger charge is -2.32. The number of amides is 1. The highest BCUT2D eigenvalue weighted by Gasteiger charge is 2.13. The number of piperazine rings is 1. The maximum absolute atomic E-state index is 12.1. The SMILES string of the molecule is CN1CCN(Cc2cccc(CNC(=O)CCCOc3ccc(Cl)cc3)c2)CC1. The molecule has 0 bridgehead atoms. The minimum Gasteiger partial charge on any atom is -0.494 e. The van der Waals surface area contributed by atoms with Crippen LogP contribution >= 0.6 is 11.6 Å². The molecular weight excluding hydrogens is 386 g/mol. The van der Waals surface area contributed by atoms with Crippen molar-refractivity contribution < 1.29 is 9.53 Å². The zero-order chi connectivity index (χ0) is 20.5. The number of halogens is 1. The average molecular weight is 416 g/mol. The summed E-state index contributed by atoms with van der Waals surface area (Å²) in [7, 11) is 2.17. The summed E-state index contributed by atoms with van der Waals surface area (Å²) >= 11 is 5.85. The number of likely N-dealkylation sites (N-methyl/N-ethyl adjacent to an activating group) is 1. The highest BCUT2D eigenvalue weighted by Crippen LogP contribution is 2.15. The van der Waals surface area contributed by atoms with Gasteiger partial charge in [-0.15, -0.1) is 0 Å². The van der Waals surface area contributed by atoms with Crippen molar-refractivity contribution in [2.24, 2.45) is 0 Å². The quantitative estimate of drug-likeness (QED) is 0.636.